The molecule has 1 aromatic rings. The van der Waals surface area contributed by atoms with Gasteiger partial charge in [-0.3, -0.25) is 14.5 Å². The van der Waals surface area contributed by atoms with E-state index in [9.17, 15) is 9.59 Å². The lowest BCUT2D eigenvalue weighted by Gasteiger charge is -2.29. The molecule has 6 nitrogen and oxygen atoms in total. The SMILES string of the molecule is CCC(Cc1ccccc1)NC(=O)C(CCN1CCOCC1)NC(=O)CC(C)C. The summed E-state index contributed by atoms with van der Waals surface area (Å²) in [5.74, 6) is 0.121. The van der Waals surface area contributed by atoms with Crippen LogP contribution in [0.5, 0.6) is 0 Å². The highest BCUT2D eigenvalue weighted by Crippen LogP contribution is 2.08. The van der Waals surface area contributed by atoms with E-state index in [0.717, 1.165) is 45.7 Å². The summed E-state index contributed by atoms with van der Waals surface area (Å²) in [7, 11) is 0. The molecule has 6 heteroatoms. The van der Waals surface area contributed by atoms with Crippen LogP contribution in [0.15, 0.2) is 30.3 Å². The standard InChI is InChI=1S/C23H37N3O3/c1-4-20(17-19-8-6-5-7-9-19)24-23(28)21(25-22(27)16-18(2)3)10-11-26-12-14-29-15-13-26/h5-9,18,20-21H,4,10-17H2,1-3H3,(H,24,28)(H,25,27). The van der Waals surface area contributed by atoms with E-state index in [4.69, 9.17) is 4.74 Å². The number of nitrogens with one attached hydrogen (secondary N) is 2. The zero-order valence-corrected chi connectivity index (χ0v) is 18.2. The Hall–Kier alpha value is -1.92. The van der Waals surface area contributed by atoms with Crippen LogP contribution in [0.4, 0.5) is 0 Å². The highest BCUT2D eigenvalue weighted by molar-refractivity contribution is 5.87. The predicted octanol–water partition coefficient (Wildman–Crippen LogP) is 2.38. The van der Waals surface area contributed by atoms with Gasteiger partial charge in [0, 0.05) is 32.1 Å². The van der Waals surface area contributed by atoms with Gasteiger partial charge in [-0.15, -0.1) is 0 Å². The van der Waals surface area contributed by atoms with Crippen molar-refractivity contribution in [2.75, 3.05) is 32.8 Å². The molecular weight excluding hydrogens is 366 g/mol. The molecule has 0 radical (unpaired) electrons. The third-order valence-electron chi connectivity index (χ3n) is 5.25. The largest absolute Gasteiger partial charge is 0.379 e. The van der Waals surface area contributed by atoms with Crippen molar-refractivity contribution in [3.63, 3.8) is 0 Å². The van der Waals surface area contributed by atoms with Gasteiger partial charge >= 0.3 is 0 Å². The number of hydrogen-bond donors (Lipinski definition) is 2. The molecule has 162 valence electrons. The van der Waals surface area contributed by atoms with Crippen LogP contribution >= 0.6 is 0 Å². The summed E-state index contributed by atoms with van der Waals surface area (Å²) >= 11 is 0. The average Bonchev–Trinajstić information content (AvgIpc) is 2.71. The normalized spacial score (nSPS) is 17.0. The van der Waals surface area contributed by atoms with Gasteiger partial charge in [0.25, 0.3) is 0 Å². The third-order valence-corrected chi connectivity index (χ3v) is 5.25. The number of carbonyl (C=O) groups excluding carboxylic acids is 2. The summed E-state index contributed by atoms with van der Waals surface area (Å²) in [6.45, 7) is 10.1. The lowest BCUT2D eigenvalue weighted by atomic mass is 10.0. The molecule has 1 fully saturated rings. The van der Waals surface area contributed by atoms with E-state index in [1.165, 1.54) is 5.56 Å². The Labute approximate surface area is 175 Å². The molecule has 1 saturated heterocycles. The van der Waals surface area contributed by atoms with Crippen LogP contribution in [0, 0.1) is 5.92 Å². The van der Waals surface area contributed by atoms with Gasteiger partial charge in [0.05, 0.1) is 13.2 Å². The van der Waals surface area contributed by atoms with Gasteiger partial charge in [-0.25, -0.2) is 0 Å². The van der Waals surface area contributed by atoms with Gasteiger partial charge in [0.2, 0.25) is 11.8 Å². The van der Waals surface area contributed by atoms with Crippen molar-refractivity contribution in [3.8, 4) is 0 Å². The first-order valence-corrected chi connectivity index (χ1v) is 10.9. The summed E-state index contributed by atoms with van der Waals surface area (Å²) in [6, 6.07) is 9.73. The van der Waals surface area contributed by atoms with Crippen LogP contribution in [-0.4, -0.2) is 61.6 Å². The molecule has 0 saturated carbocycles. The second kappa shape index (κ2) is 12.6. The minimum atomic E-state index is -0.506. The number of hydrogen-bond acceptors (Lipinski definition) is 4. The van der Waals surface area contributed by atoms with Crippen molar-refractivity contribution in [2.45, 2.75) is 58.5 Å². The quantitative estimate of drug-likeness (QED) is 0.595. The van der Waals surface area contributed by atoms with Crippen LogP contribution in [-0.2, 0) is 20.7 Å². The fourth-order valence-corrected chi connectivity index (χ4v) is 3.53. The molecule has 2 atom stereocenters. The number of rotatable bonds is 11. The molecule has 1 heterocycles. The van der Waals surface area contributed by atoms with Gasteiger partial charge in [-0.05, 0) is 30.7 Å². The number of carbonyl (C=O) groups is 2. The number of benzene rings is 1. The monoisotopic (exact) mass is 403 g/mol. The van der Waals surface area contributed by atoms with Gasteiger partial charge in [0.1, 0.15) is 6.04 Å². The molecule has 1 aliphatic heterocycles. The van der Waals surface area contributed by atoms with Gasteiger partial charge < -0.3 is 15.4 Å². The summed E-state index contributed by atoms with van der Waals surface area (Å²) in [5.41, 5.74) is 1.20. The van der Waals surface area contributed by atoms with Crippen LogP contribution in [0.1, 0.15) is 45.6 Å². The fourth-order valence-electron chi connectivity index (χ4n) is 3.53. The Balaban J connectivity index is 1.95. The average molecular weight is 404 g/mol. The third kappa shape index (κ3) is 8.96. The molecule has 2 N–H and O–H groups in total. The summed E-state index contributed by atoms with van der Waals surface area (Å²) in [4.78, 5) is 27.7. The van der Waals surface area contributed by atoms with Crippen LogP contribution in [0.3, 0.4) is 0 Å². The van der Waals surface area contributed by atoms with Gasteiger partial charge in [0.15, 0.2) is 0 Å². The minimum Gasteiger partial charge on any atom is -0.379 e. The van der Waals surface area contributed by atoms with E-state index in [1.54, 1.807) is 0 Å². The Kier molecular flexibility index (Phi) is 10.2. The zero-order chi connectivity index (χ0) is 21.1. The Morgan fingerprint density at radius 1 is 1.10 bits per heavy atom. The lowest BCUT2D eigenvalue weighted by molar-refractivity contribution is -0.130. The molecule has 1 aromatic carbocycles. The predicted molar refractivity (Wildman–Crippen MR) is 116 cm³/mol. The maximum Gasteiger partial charge on any atom is 0.242 e. The van der Waals surface area contributed by atoms with Gasteiger partial charge in [-0.2, -0.15) is 0 Å². The number of morpholine rings is 1. The molecule has 2 amide bonds. The first-order chi connectivity index (χ1) is 14.0. The smallest absolute Gasteiger partial charge is 0.242 e. The molecule has 0 spiro atoms. The van der Waals surface area contributed by atoms with Crippen LogP contribution in [0.25, 0.3) is 0 Å². The van der Waals surface area contributed by atoms with E-state index in [2.05, 4.69) is 34.6 Å². The van der Waals surface area contributed by atoms with E-state index >= 15 is 0 Å². The molecule has 2 unspecified atom stereocenters. The van der Waals surface area contributed by atoms with Crippen molar-refractivity contribution in [3.05, 3.63) is 35.9 Å². The van der Waals surface area contributed by atoms with E-state index in [1.807, 2.05) is 32.0 Å². The second-order valence-electron chi connectivity index (χ2n) is 8.26. The zero-order valence-electron chi connectivity index (χ0n) is 18.2. The molecule has 1 aliphatic rings. The summed E-state index contributed by atoms with van der Waals surface area (Å²) in [5, 5.41) is 6.14. The maximum absolute atomic E-state index is 13.0. The second-order valence-corrected chi connectivity index (χ2v) is 8.26. The van der Waals surface area contributed by atoms with Crippen molar-refractivity contribution in [2.24, 2.45) is 5.92 Å². The molecule has 0 bridgehead atoms. The molecule has 2 rings (SSSR count). The van der Waals surface area contributed by atoms with Crippen molar-refractivity contribution in [1.29, 1.82) is 0 Å². The number of nitrogens with zero attached hydrogens (tertiary/aromatic N) is 1. The van der Waals surface area contributed by atoms with Crippen molar-refractivity contribution >= 4 is 11.8 Å². The topological polar surface area (TPSA) is 70.7 Å². The van der Waals surface area contributed by atoms with E-state index in [-0.39, 0.29) is 23.8 Å². The molecule has 0 aliphatic carbocycles. The maximum atomic E-state index is 13.0. The number of amides is 2. The first-order valence-electron chi connectivity index (χ1n) is 10.9. The highest BCUT2D eigenvalue weighted by Gasteiger charge is 2.24. The Morgan fingerprint density at radius 2 is 1.79 bits per heavy atom. The minimum absolute atomic E-state index is 0.0535. The van der Waals surface area contributed by atoms with Crippen molar-refractivity contribution in [1.82, 2.24) is 15.5 Å². The van der Waals surface area contributed by atoms with E-state index in [0.29, 0.717) is 12.8 Å². The number of ether oxygens (including phenoxy) is 1. The van der Waals surface area contributed by atoms with Crippen LogP contribution in [0.2, 0.25) is 0 Å². The summed E-state index contributed by atoms with van der Waals surface area (Å²) in [6.07, 6.45) is 2.68. The Bertz CT molecular complexity index is 615. The fraction of sp³-hybridized carbons (Fsp3) is 0.652. The Morgan fingerprint density at radius 3 is 2.41 bits per heavy atom. The molecule has 29 heavy (non-hydrogen) atoms. The summed E-state index contributed by atoms with van der Waals surface area (Å²) < 4.78 is 5.40. The van der Waals surface area contributed by atoms with Crippen LogP contribution < -0.4 is 10.6 Å². The molecular formula is C23H37N3O3. The molecule has 0 aromatic heterocycles. The first kappa shape index (κ1) is 23.4. The lowest BCUT2D eigenvalue weighted by Crippen LogP contribution is -2.51. The highest BCUT2D eigenvalue weighted by atomic mass is 16.5. The van der Waals surface area contributed by atoms with Crippen molar-refractivity contribution < 1.29 is 14.3 Å². The van der Waals surface area contributed by atoms with E-state index < -0.39 is 6.04 Å². The van der Waals surface area contributed by atoms with Gasteiger partial charge in [-0.1, -0.05) is 51.1 Å².